The van der Waals surface area contributed by atoms with Crippen molar-refractivity contribution in [3.8, 4) is 0 Å². The first-order chi connectivity index (χ1) is 15.6. The lowest BCUT2D eigenvalue weighted by atomic mass is 9.86. The van der Waals surface area contributed by atoms with E-state index in [0.717, 1.165) is 33.7 Å². The van der Waals surface area contributed by atoms with Crippen molar-refractivity contribution in [3.05, 3.63) is 87.6 Å². The van der Waals surface area contributed by atoms with Crippen molar-refractivity contribution >= 4 is 36.2 Å². The van der Waals surface area contributed by atoms with Crippen molar-refractivity contribution in [2.45, 2.75) is 19.7 Å². The Bertz CT molecular complexity index is 1290. The third kappa shape index (κ3) is 3.79. The van der Waals surface area contributed by atoms with Gasteiger partial charge in [-0.25, -0.2) is 4.58 Å². The number of aliphatic hydroxyl groups is 1. The molecule has 0 radical (unpaired) electrons. The summed E-state index contributed by atoms with van der Waals surface area (Å²) in [6.45, 7) is 4.51. The number of hydrogen-bond donors (Lipinski definition) is 1. The second-order valence-electron chi connectivity index (χ2n) is 9.57. The number of carbonyl (C=O) groups excluding carboxylic acids is 1. The Labute approximate surface area is 196 Å². The highest BCUT2D eigenvalue weighted by Gasteiger charge is 2.40. The fraction of sp³-hybridized carbons (Fsp3) is 0.259. The monoisotopic (exact) mass is 458 g/mol. The minimum absolute atomic E-state index is 0.0697. The van der Waals surface area contributed by atoms with Crippen LogP contribution >= 0.6 is 0 Å². The molecule has 2 aliphatic rings. The predicted octanol–water partition coefficient (Wildman–Crippen LogP) is 2.09. The zero-order valence-corrected chi connectivity index (χ0v) is 21.1. The van der Waals surface area contributed by atoms with Crippen molar-refractivity contribution in [2.75, 3.05) is 33.1 Å². The van der Waals surface area contributed by atoms with E-state index in [1.807, 2.05) is 28.2 Å². The number of benzene rings is 2. The number of fused-ring (bicyclic) bond motifs is 2. The Morgan fingerprint density at radius 2 is 1.76 bits per heavy atom. The molecule has 0 saturated heterocycles. The lowest BCUT2D eigenvalue weighted by molar-refractivity contribution is -0.462. The van der Waals surface area contributed by atoms with Gasteiger partial charge in [0.2, 0.25) is 0 Å². The van der Waals surface area contributed by atoms with Gasteiger partial charge in [0, 0.05) is 31.9 Å². The second kappa shape index (κ2) is 8.28. The largest absolute Gasteiger partial charge is 0.545 e. The molecule has 33 heavy (non-hydrogen) atoms. The Morgan fingerprint density at radius 3 is 2.36 bits per heavy atom. The quantitative estimate of drug-likeness (QED) is 0.563. The number of carboxylic acid groups (broad SMARTS) is 1. The molecule has 5 nitrogen and oxygen atoms in total. The van der Waals surface area contributed by atoms with E-state index in [1.54, 1.807) is 12.1 Å². The molecule has 1 aliphatic heterocycles. The highest BCUT2D eigenvalue weighted by molar-refractivity contribution is 6.98. The van der Waals surface area contributed by atoms with Crippen LogP contribution < -0.4 is 15.2 Å². The van der Waals surface area contributed by atoms with Gasteiger partial charge in [0.1, 0.15) is 22.2 Å². The van der Waals surface area contributed by atoms with Crippen LogP contribution in [0, 0.1) is 0 Å². The summed E-state index contributed by atoms with van der Waals surface area (Å²) in [4.78, 5) is 13.6. The van der Waals surface area contributed by atoms with Gasteiger partial charge in [-0.05, 0) is 68.1 Å². The van der Waals surface area contributed by atoms with Crippen LogP contribution in [0.5, 0.6) is 0 Å². The molecule has 1 N–H and O–H groups in total. The molecule has 6 heteroatoms. The Morgan fingerprint density at radius 1 is 1.06 bits per heavy atom. The normalized spacial score (nSPS) is 16.2. The summed E-state index contributed by atoms with van der Waals surface area (Å²) < 4.78 is 2.12. The molecule has 0 fully saturated rings. The fourth-order valence-corrected chi connectivity index (χ4v) is 7.84. The molecule has 1 heterocycles. The van der Waals surface area contributed by atoms with Crippen LogP contribution in [-0.4, -0.2) is 57.6 Å². The van der Waals surface area contributed by atoms with Gasteiger partial charge in [-0.2, -0.15) is 0 Å². The number of hydrogen-bond acceptors (Lipinski definition) is 4. The van der Waals surface area contributed by atoms with E-state index in [0.29, 0.717) is 5.56 Å². The Balaban J connectivity index is 2.10. The van der Waals surface area contributed by atoms with Gasteiger partial charge >= 0.3 is 0 Å². The van der Waals surface area contributed by atoms with E-state index < -0.39 is 14.0 Å². The number of nitrogens with zero attached hydrogens (tertiary/aromatic N) is 2. The van der Waals surface area contributed by atoms with E-state index in [9.17, 15) is 15.0 Å². The highest BCUT2D eigenvalue weighted by Crippen LogP contribution is 2.42. The van der Waals surface area contributed by atoms with E-state index >= 15 is 0 Å². The third-order valence-corrected chi connectivity index (χ3v) is 10.2. The summed E-state index contributed by atoms with van der Waals surface area (Å²) in [5.74, 6) is -1.24. The predicted molar refractivity (Wildman–Crippen MR) is 135 cm³/mol. The molecule has 4 rings (SSSR count). The van der Waals surface area contributed by atoms with Gasteiger partial charge < -0.3 is 19.9 Å². The number of anilines is 1. The van der Waals surface area contributed by atoms with Crippen LogP contribution in [0.25, 0.3) is 5.57 Å². The lowest BCUT2D eigenvalue weighted by Crippen LogP contribution is -2.49. The van der Waals surface area contributed by atoms with Gasteiger partial charge in [0.05, 0.1) is 12.6 Å². The standard InChI is InChI=1S/C27H30N2O3Si/c1-28(2)19-8-11-22-24(14-19)33(5,6)25-15-20(29(3)4)9-12-23(25)26(22)21-10-7-17(27(31)32)13-18(21)16-30/h7-15,30H,16H2,1-6H3. The maximum absolute atomic E-state index is 11.4. The Kier molecular flexibility index (Phi) is 5.76. The molecule has 0 saturated carbocycles. The van der Waals surface area contributed by atoms with Crippen molar-refractivity contribution in [2.24, 2.45) is 0 Å². The number of aromatic carboxylic acids is 1. The van der Waals surface area contributed by atoms with Crippen molar-refractivity contribution in [1.29, 1.82) is 0 Å². The number of allylic oxidation sites excluding steroid dienone is 5. The van der Waals surface area contributed by atoms with Crippen LogP contribution in [0.1, 0.15) is 27.0 Å². The average Bonchev–Trinajstić information content (AvgIpc) is 2.78. The van der Waals surface area contributed by atoms with Crippen LogP contribution in [0.4, 0.5) is 5.69 Å². The molecule has 0 bridgehead atoms. The Hall–Kier alpha value is -3.22. The van der Waals surface area contributed by atoms with Crippen LogP contribution in [-0.2, 0) is 6.61 Å². The second-order valence-corrected chi connectivity index (χ2v) is 13.9. The topological polar surface area (TPSA) is 66.6 Å². The van der Waals surface area contributed by atoms with Crippen LogP contribution in [0.2, 0.25) is 13.1 Å². The van der Waals surface area contributed by atoms with Crippen molar-refractivity contribution < 1.29 is 19.6 Å². The SMILES string of the molecule is CN(C)c1ccc2c(c1)[Si](C)(C)C1=CC(=[N+](C)C)C=CC1=C2c1ccc(C(=O)[O-])cc1CO. The first kappa shape index (κ1) is 23.0. The molecule has 0 unspecified atom stereocenters. The molecule has 2 aromatic rings. The van der Waals surface area contributed by atoms with Crippen molar-refractivity contribution in [1.82, 2.24) is 0 Å². The number of aliphatic hydroxyl groups excluding tert-OH is 1. The number of carbonyl (C=O) groups is 1. The summed E-state index contributed by atoms with van der Waals surface area (Å²) in [6.07, 6.45) is 6.59. The molecule has 0 amide bonds. The summed E-state index contributed by atoms with van der Waals surface area (Å²) >= 11 is 0. The molecule has 0 spiro atoms. The summed E-state index contributed by atoms with van der Waals surface area (Å²) in [7, 11) is 6.13. The zero-order valence-electron chi connectivity index (χ0n) is 20.1. The number of carboxylic acids is 1. The lowest BCUT2D eigenvalue weighted by Gasteiger charge is -2.38. The van der Waals surface area contributed by atoms with Crippen molar-refractivity contribution in [3.63, 3.8) is 0 Å². The molecule has 170 valence electrons. The van der Waals surface area contributed by atoms with E-state index in [4.69, 9.17) is 0 Å². The van der Waals surface area contributed by atoms with E-state index in [1.165, 1.54) is 16.4 Å². The minimum Gasteiger partial charge on any atom is -0.545 e. The third-order valence-electron chi connectivity index (χ3n) is 6.71. The molecule has 0 aromatic heterocycles. The van der Waals surface area contributed by atoms with Gasteiger partial charge in [0.15, 0.2) is 5.71 Å². The van der Waals surface area contributed by atoms with Gasteiger partial charge in [0.25, 0.3) is 0 Å². The molecule has 0 atom stereocenters. The molecule has 1 aliphatic carbocycles. The number of rotatable bonds is 4. The maximum atomic E-state index is 11.4. The first-order valence-electron chi connectivity index (χ1n) is 11.0. The molecular weight excluding hydrogens is 428 g/mol. The molecule has 2 aromatic carbocycles. The maximum Gasteiger partial charge on any atom is 0.199 e. The fourth-order valence-electron chi connectivity index (χ4n) is 4.77. The van der Waals surface area contributed by atoms with Gasteiger partial charge in [-0.3, -0.25) is 0 Å². The first-order valence-corrected chi connectivity index (χ1v) is 14.0. The summed E-state index contributed by atoms with van der Waals surface area (Å²) in [5.41, 5.74) is 7.14. The van der Waals surface area contributed by atoms with Gasteiger partial charge in [-0.1, -0.05) is 31.3 Å². The minimum atomic E-state index is -2.06. The van der Waals surface area contributed by atoms with Crippen LogP contribution in [0.3, 0.4) is 0 Å². The van der Waals surface area contributed by atoms with E-state index in [2.05, 4.69) is 59.0 Å². The summed E-state index contributed by atoms with van der Waals surface area (Å²) in [5, 5.41) is 24.3. The highest BCUT2D eigenvalue weighted by atomic mass is 28.3. The van der Waals surface area contributed by atoms with Crippen LogP contribution in [0.15, 0.2) is 65.4 Å². The van der Waals surface area contributed by atoms with E-state index in [-0.39, 0.29) is 12.2 Å². The average molecular weight is 459 g/mol. The molecular formula is C27H30N2O3Si. The summed E-state index contributed by atoms with van der Waals surface area (Å²) in [6, 6.07) is 11.5. The van der Waals surface area contributed by atoms with Gasteiger partial charge in [-0.15, -0.1) is 0 Å². The zero-order chi connectivity index (χ0) is 24.1. The smallest absolute Gasteiger partial charge is 0.199 e.